The van der Waals surface area contributed by atoms with Crippen LogP contribution >= 0.6 is 27.5 Å². The molecule has 0 saturated carbocycles. The van der Waals surface area contributed by atoms with E-state index in [9.17, 15) is 9.90 Å². The molecule has 0 atom stereocenters. The van der Waals surface area contributed by atoms with Crippen molar-refractivity contribution in [3.63, 3.8) is 0 Å². The van der Waals surface area contributed by atoms with Crippen LogP contribution in [0, 0.1) is 0 Å². The first-order valence-electron chi connectivity index (χ1n) is 5.78. The molecule has 0 spiro atoms. The van der Waals surface area contributed by atoms with Crippen molar-refractivity contribution in [2.45, 2.75) is 6.54 Å². The number of nitrogens with two attached hydrogens (primary N) is 1. The number of benzene rings is 2. The zero-order chi connectivity index (χ0) is 14.7. The monoisotopic (exact) mass is 354 g/mol. The van der Waals surface area contributed by atoms with Crippen molar-refractivity contribution in [3.05, 3.63) is 57.0 Å². The molecule has 0 aliphatic heterocycles. The molecule has 0 radical (unpaired) electrons. The molecule has 0 fully saturated rings. The van der Waals surface area contributed by atoms with Gasteiger partial charge in [0.05, 0.1) is 15.2 Å². The summed E-state index contributed by atoms with van der Waals surface area (Å²) in [5.41, 5.74) is 7.21. The van der Waals surface area contributed by atoms with Crippen LogP contribution < -0.4 is 11.1 Å². The maximum absolute atomic E-state index is 11.1. The van der Waals surface area contributed by atoms with Gasteiger partial charge in [0.1, 0.15) is 5.75 Å². The SMILES string of the molecule is NC(=O)c1ccc(Cl)c(NCc2ccc(O)c(Br)c2)c1. The number of phenolic OH excluding ortho intramolecular Hbond substituents is 1. The molecule has 0 aromatic heterocycles. The van der Waals surface area contributed by atoms with Crippen LogP contribution in [0.2, 0.25) is 5.02 Å². The number of nitrogens with one attached hydrogen (secondary N) is 1. The van der Waals surface area contributed by atoms with E-state index in [1.165, 1.54) is 0 Å². The maximum Gasteiger partial charge on any atom is 0.248 e. The minimum Gasteiger partial charge on any atom is -0.507 e. The largest absolute Gasteiger partial charge is 0.507 e. The Labute approximate surface area is 129 Å². The lowest BCUT2D eigenvalue weighted by Gasteiger charge is -2.10. The van der Waals surface area contributed by atoms with Crippen LogP contribution in [0.5, 0.6) is 5.75 Å². The smallest absolute Gasteiger partial charge is 0.248 e. The molecule has 0 unspecified atom stereocenters. The van der Waals surface area contributed by atoms with Crippen molar-refractivity contribution in [2.24, 2.45) is 5.73 Å². The van der Waals surface area contributed by atoms with Gasteiger partial charge in [-0.25, -0.2) is 0 Å². The Morgan fingerprint density at radius 3 is 2.70 bits per heavy atom. The van der Waals surface area contributed by atoms with Gasteiger partial charge in [0.2, 0.25) is 5.91 Å². The zero-order valence-electron chi connectivity index (χ0n) is 10.4. The van der Waals surface area contributed by atoms with Gasteiger partial charge < -0.3 is 16.2 Å². The summed E-state index contributed by atoms with van der Waals surface area (Å²) in [5, 5.41) is 13.1. The topological polar surface area (TPSA) is 75.4 Å². The Bertz CT molecular complexity index is 662. The third-order valence-corrected chi connectivity index (χ3v) is 3.71. The Kier molecular flexibility index (Phi) is 4.52. The number of primary amides is 1. The molecule has 4 N–H and O–H groups in total. The summed E-state index contributed by atoms with van der Waals surface area (Å²) < 4.78 is 0.619. The molecule has 6 heteroatoms. The minimum atomic E-state index is -0.503. The number of aromatic hydroxyl groups is 1. The molecule has 2 aromatic carbocycles. The highest BCUT2D eigenvalue weighted by Crippen LogP contribution is 2.26. The number of anilines is 1. The van der Waals surface area contributed by atoms with Gasteiger partial charge in [-0.1, -0.05) is 17.7 Å². The summed E-state index contributed by atoms with van der Waals surface area (Å²) in [6.07, 6.45) is 0. The Hall–Kier alpha value is -1.72. The molecule has 0 aliphatic carbocycles. The first-order valence-corrected chi connectivity index (χ1v) is 6.95. The second-order valence-corrected chi connectivity index (χ2v) is 5.46. The first-order chi connectivity index (χ1) is 9.47. The molecule has 104 valence electrons. The summed E-state index contributed by atoms with van der Waals surface area (Å²) in [4.78, 5) is 11.1. The standard InChI is InChI=1S/C14H12BrClN2O2/c15-10-5-8(1-4-13(10)19)7-18-12-6-9(14(17)20)2-3-11(12)16/h1-6,18-19H,7H2,(H2,17,20). The molecule has 1 amide bonds. The summed E-state index contributed by atoms with van der Waals surface area (Å²) in [5.74, 6) is -0.320. The van der Waals surface area contributed by atoms with Crippen LogP contribution in [0.3, 0.4) is 0 Å². The van der Waals surface area contributed by atoms with Crippen LogP contribution in [0.1, 0.15) is 15.9 Å². The van der Waals surface area contributed by atoms with Crippen LogP contribution in [0.25, 0.3) is 0 Å². The van der Waals surface area contributed by atoms with E-state index >= 15 is 0 Å². The van der Waals surface area contributed by atoms with E-state index < -0.39 is 5.91 Å². The van der Waals surface area contributed by atoms with Gasteiger partial charge in [0, 0.05) is 12.1 Å². The highest BCUT2D eigenvalue weighted by Gasteiger charge is 2.06. The van der Waals surface area contributed by atoms with E-state index in [1.54, 1.807) is 36.4 Å². The van der Waals surface area contributed by atoms with Crippen molar-refractivity contribution in [3.8, 4) is 5.75 Å². The number of hydrogen-bond donors (Lipinski definition) is 3. The summed E-state index contributed by atoms with van der Waals surface area (Å²) >= 11 is 9.31. The fraction of sp³-hybridized carbons (Fsp3) is 0.0714. The number of phenols is 1. The Morgan fingerprint density at radius 1 is 1.30 bits per heavy atom. The summed E-state index contributed by atoms with van der Waals surface area (Å²) in [6.45, 7) is 0.501. The number of halogens is 2. The normalized spacial score (nSPS) is 10.3. The predicted octanol–water partition coefficient (Wildman–Crippen LogP) is 3.52. The molecule has 20 heavy (non-hydrogen) atoms. The van der Waals surface area contributed by atoms with Gasteiger partial charge in [-0.05, 0) is 51.8 Å². The predicted molar refractivity (Wildman–Crippen MR) is 83.1 cm³/mol. The highest BCUT2D eigenvalue weighted by atomic mass is 79.9. The third-order valence-electron chi connectivity index (χ3n) is 2.75. The van der Waals surface area contributed by atoms with Crippen molar-refractivity contribution in [1.82, 2.24) is 0 Å². The molecule has 2 rings (SSSR count). The fourth-order valence-corrected chi connectivity index (χ4v) is 2.28. The number of carbonyl (C=O) groups is 1. The second-order valence-electron chi connectivity index (χ2n) is 4.20. The van der Waals surface area contributed by atoms with Crippen LogP contribution in [-0.2, 0) is 6.54 Å². The van der Waals surface area contributed by atoms with E-state index in [-0.39, 0.29) is 5.75 Å². The highest BCUT2D eigenvalue weighted by molar-refractivity contribution is 9.10. The number of hydrogen-bond acceptors (Lipinski definition) is 3. The van der Waals surface area contributed by atoms with Crippen LogP contribution in [0.15, 0.2) is 40.9 Å². The molecule has 0 aliphatic rings. The Morgan fingerprint density at radius 2 is 2.05 bits per heavy atom. The molecule has 0 saturated heterocycles. The summed E-state index contributed by atoms with van der Waals surface area (Å²) in [7, 11) is 0. The quantitative estimate of drug-likeness (QED) is 0.785. The van der Waals surface area contributed by atoms with Gasteiger partial charge in [-0.3, -0.25) is 4.79 Å². The van der Waals surface area contributed by atoms with Crippen molar-refractivity contribution >= 4 is 39.1 Å². The van der Waals surface area contributed by atoms with Gasteiger partial charge in [0.25, 0.3) is 0 Å². The lowest BCUT2D eigenvalue weighted by molar-refractivity contribution is 0.100. The minimum absolute atomic E-state index is 0.183. The number of rotatable bonds is 4. The number of carbonyl (C=O) groups excluding carboxylic acids is 1. The maximum atomic E-state index is 11.1. The molecule has 2 aromatic rings. The molecule has 4 nitrogen and oxygen atoms in total. The van der Waals surface area contributed by atoms with E-state index in [1.807, 2.05) is 0 Å². The van der Waals surface area contributed by atoms with Crippen LogP contribution in [0.4, 0.5) is 5.69 Å². The van der Waals surface area contributed by atoms with Crippen molar-refractivity contribution in [1.29, 1.82) is 0 Å². The van der Waals surface area contributed by atoms with E-state index in [2.05, 4.69) is 21.2 Å². The van der Waals surface area contributed by atoms with Crippen molar-refractivity contribution < 1.29 is 9.90 Å². The first kappa shape index (κ1) is 14.7. The number of amides is 1. The lowest BCUT2D eigenvalue weighted by Crippen LogP contribution is -2.11. The zero-order valence-corrected chi connectivity index (χ0v) is 12.7. The van der Waals surface area contributed by atoms with E-state index in [0.717, 1.165) is 5.56 Å². The summed E-state index contributed by atoms with van der Waals surface area (Å²) in [6, 6.07) is 10.00. The average Bonchev–Trinajstić information content (AvgIpc) is 2.41. The average molecular weight is 356 g/mol. The van der Waals surface area contributed by atoms with E-state index in [4.69, 9.17) is 17.3 Å². The third kappa shape index (κ3) is 3.43. The lowest BCUT2D eigenvalue weighted by atomic mass is 10.1. The van der Waals surface area contributed by atoms with Gasteiger partial charge >= 0.3 is 0 Å². The van der Waals surface area contributed by atoms with E-state index in [0.29, 0.717) is 27.3 Å². The molecular formula is C14H12BrClN2O2. The molecule has 0 heterocycles. The fourth-order valence-electron chi connectivity index (χ4n) is 1.67. The molecule has 0 bridgehead atoms. The van der Waals surface area contributed by atoms with Crippen molar-refractivity contribution in [2.75, 3.05) is 5.32 Å². The Balaban J connectivity index is 2.15. The van der Waals surface area contributed by atoms with Gasteiger partial charge in [0.15, 0.2) is 0 Å². The van der Waals surface area contributed by atoms with Gasteiger partial charge in [-0.15, -0.1) is 0 Å². The molecular weight excluding hydrogens is 344 g/mol. The van der Waals surface area contributed by atoms with Crippen LogP contribution in [-0.4, -0.2) is 11.0 Å². The second kappa shape index (κ2) is 6.15. The van der Waals surface area contributed by atoms with Gasteiger partial charge in [-0.2, -0.15) is 0 Å².